The van der Waals surface area contributed by atoms with Crippen LogP contribution in [0, 0.1) is 5.41 Å². The second kappa shape index (κ2) is 2.25. The molecule has 1 nitrogen and oxygen atoms in total. The van der Waals surface area contributed by atoms with Gasteiger partial charge in [-0.1, -0.05) is 6.92 Å². The topological polar surface area (TPSA) is 3.24 Å². The van der Waals surface area contributed by atoms with Crippen molar-refractivity contribution in [3.63, 3.8) is 0 Å². The van der Waals surface area contributed by atoms with Gasteiger partial charge in [0.05, 0.1) is 6.67 Å². The summed E-state index contributed by atoms with van der Waals surface area (Å²) in [6.07, 6.45) is 0.980. The van der Waals surface area contributed by atoms with E-state index in [0.29, 0.717) is 0 Å². The van der Waals surface area contributed by atoms with Crippen molar-refractivity contribution in [1.29, 1.82) is 0 Å². The van der Waals surface area contributed by atoms with Crippen molar-refractivity contribution in [3.05, 3.63) is 0 Å². The minimum absolute atomic E-state index is 0.0365. The second-order valence-corrected chi connectivity index (χ2v) is 3.16. The van der Waals surface area contributed by atoms with Crippen molar-refractivity contribution in [3.8, 4) is 0 Å². The molecule has 0 aromatic carbocycles. The summed E-state index contributed by atoms with van der Waals surface area (Å²) < 4.78 is 12.2. The molecule has 1 aliphatic heterocycles. The van der Waals surface area contributed by atoms with Gasteiger partial charge in [0.15, 0.2) is 0 Å². The standard InChI is InChI=1S/C7H14FN/c1-3-7(4-8)5-9(2)6-7/h3-6H2,1-2H3. The number of halogens is 1. The maximum Gasteiger partial charge on any atom is 0.0975 e. The van der Waals surface area contributed by atoms with E-state index in [-0.39, 0.29) is 12.1 Å². The average molecular weight is 131 g/mol. The van der Waals surface area contributed by atoms with Crippen LogP contribution in [-0.2, 0) is 0 Å². The number of hydrogen-bond donors (Lipinski definition) is 0. The molecule has 0 bridgehead atoms. The van der Waals surface area contributed by atoms with Gasteiger partial charge in [-0.3, -0.25) is 4.39 Å². The Kier molecular flexibility index (Phi) is 1.75. The van der Waals surface area contributed by atoms with Crippen molar-refractivity contribution in [2.45, 2.75) is 13.3 Å². The Morgan fingerprint density at radius 1 is 1.56 bits per heavy atom. The van der Waals surface area contributed by atoms with Gasteiger partial charge in [-0.25, -0.2) is 0 Å². The van der Waals surface area contributed by atoms with E-state index in [1.807, 2.05) is 7.05 Å². The van der Waals surface area contributed by atoms with Crippen LogP contribution in [0.5, 0.6) is 0 Å². The van der Waals surface area contributed by atoms with Gasteiger partial charge in [-0.15, -0.1) is 0 Å². The van der Waals surface area contributed by atoms with E-state index in [1.165, 1.54) is 0 Å². The molecule has 0 amide bonds. The zero-order valence-corrected chi connectivity index (χ0v) is 6.15. The highest BCUT2D eigenvalue weighted by molar-refractivity contribution is 4.91. The number of nitrogens with zero attached hydrogens (tertiary/aromatic N) is 1. The Morgan fingerprint density at radius 2 is 2.11 bits per heavy atom. The highest BCUT2D eigenvalue weighted by Crippen LogP contribution is 2.32. The second-order valence-electron chi connectivity index (χ2n) is 3.16. The summed E-state index contributed by atoms with van der Waals surface area (Å²) in [6.45, 7) is 3.81. The van der Waals surface area contributed by atoms with Gasteiger partial charge in [0.1, 0.15) is 0 Å². The molecule has 0 aliphatic carbocycles. The number of likely N-dealkylation sites (tertiary alicyclic amines) is 1. The predicted octanol–water partition coefficient (Wildman–Crippen LogP) is 1.30. The van der Waals surface area contributed by atoms with Crippen LogP contribution >= 0.6 is 0 Å². The van der Waals surface area contributed by atoms with Gasteiger partial charge in [0, 0.05) is 18.5 Å². The molecule has 1 rings (SSSR count). The van der Waals surface area contributed by atoms with Crippen LogP contribution < -0.4 is 0 Å². The van der Waals surface area contributed by atoms with Crippen molar-refractivity contribution in [1.82, 2.24) is 4.90 Å². The van der Waals surface area contributed by atoms with E-state index < -0.39 is 0 Å². The fraction of sp³-hybridized carbons (Fsp3) is 1.00. The van der Waals surface area contributed by atoms with Crippen molar-refractivity contribution < 1.29 is 4.39 Å². The molecule has 1 saturated heterocycles. The zero-order valence-electron chi connectivity index (χ0n) is 6.15. The molecule has 1 heterocycles. The molecular weight excluding hydrogens is 117 g/mol. The lowest BCUT2D eigenvalue weighted by Crippen LogP contribution is -2.55. The largest absolute Gasteiger partial charge is 0.305 e. The van der Waals surface area contributed by atoms with Gasteiger partial charge in [-0.2, -0.15) is 0 Å². The Balaban J connectivity index is 2.36. The first-order valence-corrected chi connectivity index (χ1v) is 3.47. The Hall–Kier alpha value is -0.110. The van der Waals surface area contributed by atoms with Crippen LogP contribution in [0.2, 0.25) is 0 Å². The molecule has 0 N–H and O–H groups in total. The molecule has 54 valence electrons. The molecule has 9 heavy (non-hydrogen) atoms. The first-order valence-electron chi connectivity index (χ1n) is 3.47. The molecule has 2 heteroatoms. The lowest BCUT2D eigenvalue weighted by atomic mass is 9.79. The highest BCUT2D eigenvalue weighted by Gasteiger charge is 2.39. The van der Waals surface area contributed by atoms with Gasteiger partial charge < -0.3 is 4.90 Å². The van der Waals surface area contributed by atoms with Crippen LogP contribution in [0.15, 0.2) is 0 Å². The lowest BCUT2D eigenvalue weighted by molar-refractivity contribution is -0.00219. The molecule has 0 unspecified atom stereocenters. The fourth-order valence-electron chi connectivity index (χ4n) is 1.50. The monoisotopic (exact) mass is 131 g/mol. The van der Waals surface area contributed by atoms with E-state index in [2.05, 4.69) is 11.8 Å². The smallest absolute Gasteiger partial charge is 0.0975 e. The van der Waals surface area contributed by atoms with Gasteiger partial charge in [0.2, 0.25) is 0 Å². The quantitative estimate of drug-likeness (QED) is 0.546. The normalized spacial score (nSPS) is 25.7. The van der Waals surface area contributed by atoms with Crippen LogP contribution in [0.4, 0.5) is 4.39 Å². The van der Waals surface area contributed by atoms with Crippen LogP contribution in [-0.4, -0.2) is 31.7 Å². The third-order valence-corrected chi connectivity index (χ3v) is 2.24. The first kappa shape index (κ1) is 7.00. The van der Waals surface area contributed by atoms with Crippen molar-refractivity contribution in [2.24, 2.45) is 5.41 Å². The Labute approximate surface area is 55.8 Å². The third kappa shape index (κ3) is 1.08. The predicted molar refractivity (Wildman–Crippen MR) is 36.2 cm³/mol. The lowest BCUT2D eigenvalue weighted by Gasteiger charge is -2.46. The molecule has 1 aliphatic rings. The van der Waals surface area contributed by atoms with E-state index in [9.17, 15) is 4.39 Å². The van der Waals surface area contributed by atoms with Gasteiger partial charge in [0.25, 0.3) is 0 Å². The zero-order chi connectivity index (χ0) is 6.91. The summed E-state index contributed by atoms with van der Waals surface area (Å²) in [4.78, 5) is 2.16. The number of hydrogen-bond acceptors (Lipinski definition) is 1. The summed E-state index contributed by atoms with van der Waals surface area (Å²) >= 11 is 0. The average Bonchev–Trinajstić information content (AvgIpc) is 1.81. The molecular formula is C7H14FN. The first-order chi connectivity index (χ1) is 4.22. The van der Waals surface area contributed by atoms with E-state index in [1.54, 1.807) is 0 Å². The van der Waals surface area contributed by atoms with E-state index in [4.69, 9.17) is 0 Å². The maximum absolute atomic E-state index is 12.2. The third-order valence-electron chi connectivity index (χ3n) is 2.24. The number of rotatable bonds is 2. The van der Waals surface area contributed by atoms with E-state index in [0.717, 1.165) is 19.5 Å². The minimum atomic E-state index is -0.145. The fourth-order valence-corrected chi connectivity index (χ4v) is 1.50. The summed E-state index contributed by atoms with van der Waals surface area (Å²) in [5, 5.41) is 0. The Bertz CT molecular complexity index is 91.1. The number of alkyl halides is 1. The molecule has 0 spiro atoms. The molecule has 0 aromatic rings. The Morgan fingerprint density at radius 3 is 2.22 bits per heavy atom. The van der Waals surface area contributed by atoms with Crippen molar-refractivity contribution >= 4 is 0 Å². The SMILES string of the molecule is CCC1(CF)CN(C)C1. The summed E-state index contributed by atoms with van der Waals surface area (Å²) in [7, 11) is 2.03. The van der Waals surface area contributed by atoms with Crippen LogP contribution in [0.1, 0.15) is 13.3 Å². The van der Waals surface area contributed by atoms with Gasteiger partial charge in [-0.05, 0) is 13.5 Å². The molecule has 0 radical (unpaired) electrons. The van der Waals surface area contributed by atoms with Crippen LogP contribution in [0.25, 0.3) is 0 Å². The summed E-state index contributed by atoms with van der Waals surface area (Å²) in [5.74, 6) is 0. The van der Waals surface area contributed by atoms with E-state index >= 15 is 0 Å². The molecule has 0 aromatic heterocycles. The molecule has 0 saturated carbocycles. The molecule has 0 atom stereocenters. The molecule has 1 fully saturated rings. The summed E-state index contributed by atoms with van der Waals surface area (Å²) in [6, 6.07) is 0. The maximum atomic E-state index is 12.2. The van der Waals surface area contributed by atoms with Crippen LogP contribution in [0.3, 0.4) is 0 Å². The minimum Gasteiger partial charge on any atom is -0.305 e. The van der Waals surface area contributed by atoms with Crippen molar-refractivity contribution in [2.75, 3.05) is 26.8 Å². The summed E-state index contributed by atoms with van der Waals surface area (Å²) in [5.41, 5.74) is 0.0365. The van der Waals surface area contributed by atoms with Gasteiger partial charge >= 0.3 is 0 Å². The highest BCUT2D eigenvalue weighted by atomic mass is 19.1.